The van der Waals surface area contributed by atoms with E-state index >= 15 is 0 Å². The largest absolute Gasteiger partial charge is 0.359 e. The third kappa shape index (κ3) is 1.75. The van der Waals surface area contributed by atoms with Crippen LogP contribution in [-0.4, -0.2) is 27.9 Å². The van der Waals surface area contributed by atoms with E-state index in [0.29, 0.717) is 4.47 Å². The number of benzene rings is 1. The van der Waals surface area contributed by atoms with Crippen LogP contribution >= 0.6 is 15.9 Å². The molecule has 3 heterocycles. The van der Waals surface area contributed by atoms with Gasteiger partial charge >= 0.3 is 0 Å². The SMILES string of the molecule is CC12C=CC(C)(O1)C1C(=O)N(c3ccc(Br)cc3[N+](=O)[O-])C(=O)C12. The third-order valence-electron chi connectivity index (χ3n) is 5.10. The first-order valence-corrected chi connectivity index (χ1v) is 8.19. The molecule has 7 nitrogen and oxygen atoms in total. The van der Waals surface area contributed by atoms with E-state index in [1.807, 2.05) is 0 Å². The summed E-state index contributed by atoms with van der Waals surface area (Å²) in [6.45, 7) is 3.54. The molecule has 0 saturated carbocycles. The number of nitro benzene ring substituents is 1. The number of ether oxygens (including phenoxy) is 1. The van der Waals surface area contributed by atoms with Crippen molar-refractivity contribution in [1.29, 1.82) is 0 Å². The summed E-state index contributed by atoms with van der Waals surface area (Å²) in [7, 11) is 0. The van der Waals surface area contributed by atoms with Crippen molar-refractivity contribution < 1.29 is 19.2 Å². The van der Waals surface area contributed by atoms with Crippen molar-refractivity contribution in [2.45, 2.75) is 25.0 Å². The van der Waals surface area contributed by atoms with E-state index in [1.54, 1.807) is 32.1 Å². The Morgan fingerprint density at radius 1 is 1.17 bits per heavy atom. The van der Waals surface area contributed by atoms with Gasteiger partial charge in [-0.2, -0.15) is 0 Å². The molecule has 8 heteroatoms. The van der Waals surface area contributed by atoms with Gasteiger partial charge in [-0.3, -0.25) is 19.7 Å². The monoisotopic (exact) mass is 392 g/mol. The highest BCUT2D eigenvalue weighted by Crippen LogP contribution is 2.57. The molecule has 0 aliphatic carbocycles. The molecular weight excluding hydrogens is 380 g/mol. The van der Waals surface area contributed by atoms with Crippen LogP contribution in [0.3, 0.4) is 0 Å². The van der Waals surface area contributed by atoms with Gasteiger partial charge in [-0.25, -0.2) is 4.90 Å². The lowest BCUT2D eigenvalue weighted by Crippen LogP contribution is -2.39. The number of carbonyl (C=O) groups is 2. The Bertz CT molecular complexity index is 817. The van der Waals surface area contributed by atoms with Crippen molar-refractivity contribution in [3.63, 3.8) is 0 Å². The van der Waals surface area contributed by atoms with E-state index in [2.05, 4.69) is 15.9 Å². The van der Waals surface area contributed by atoms with Crippen molar-refractivity contribution in [2.75, 3.05) is 4.90 Å². The number of imide groups is 1. The van der Waals surface area contributed by atoms with E-state index in [4.69, 9.17) is 4.74 Å². The van der Waals surface area contributed by atoms with Crippen LogP contribution in [0.4, 0.5) is 11.4 Å². The van der Waals surface area contributed by atoms with Gasteiger partial charge in [0.25, 0.3) is 5.69 Å². The molecule has 2 amide bonds. The number of halogens is 1. The van der Waals surface area contributed by atoms with Crippen LogP contribution in [0.15, 0.2) is 34.8 Å². The Balaban J connectivity index is 1.85. The molecule has 3 aliphatic rings. The maximum Gasteiger partial charge on any atom is 0.294 e. The van der Waals surface area contributed by atoms with Crippen molar-refractivity contribution in [2.24, 2.45) is 11.8 Å². The zero-order valence-electron chi connectivity index (χ0n) is 12.9. The zero-order chi connectivity index (χ0) is 17.4. The summed E-state index contributed by atoms with van der Waals surface area (Å²) in [5, 5.41) is 11.4. The maximum absolute atomic E-state index is 13.0. The highest BCUT2D eigenvalue weighted by Gasteiger charge is 2.70. The van der Waals surface area contributed by atoms with E-state index in [-0.39, 0.29) is 11.4 Å². The Labute approximate surface area is 145 Å². The minimum Gasteiger partial charge on any atom is -0.359 e. The van der Waals surface area contributed by atoms with E-state index in [1.165, 1.54) is 12.1 Å². The summed E-state index contributed by atoms with van der Waals surface area (Å²) in [6, 6.07) is 4.28. The number of nitrogens with zero attached hydrogens (tertiary/aromatic N) is 2. The fraction of sp³-hybridized carbons (Fsp3) is 0.375. The fourth-order valence-corrected chi connectivity index (χ4v) is 4.45. The summed E-state index contributed by atoms with van der Waals surface area (Å²) < 4.78 is 6.42. The number of anilines is 1. The van der Waals surface area contributed by atoms with Crippen LogP contribution in [-0.2, 0) is 14.3 Å². The highest BCUT2D eigenvalue weighted by atomic mass is 79.9. The van der Waals surface area contributed by atoms with Gasteiger partial charge in [-0.15, -0.1) is 0 Å². The van der Waals surface area contributed by atoms with Gasteiger partial charge in [-0.05, 0) is 26.0 Å². The summed E-state index contributed by atoms with van der Waals surface area (Å²) in [5.41, 5.74) is -2.00. The molecule has 0 aromatic heterocycles. The van der Waals surface area contributed by atoms with E-state index < -0.39 is 39.8 Å². The molecule has 1 aromatic rings. The minimum absolute atomic E-state index is 0.000741. The fourth-order valence-electron chi connectivity index (χ4n) is 4.10. The van der Waals surface area contributed by atoms with Gasteiger partial charge in [-0.1, -0.05) is 28.1 Å². The number of hydrogen-bond acceptors (Lipinski definition) is 5. The predicted octanol–water partition coefficient (Wildman–Crippen LogP) is 2.58. The summed E-state index contributed by atoms with van der Waals surface area (Å²) in [4.78, 5) is 37.6. The van der Waals surface area contributed by atoms with Crippen LogP contribution in [0.2, 0.25) is 0 Å². The highest BCUT2D eigenvalue weighted by molar-refractivity contribution is 9.10. The van der Waals surface area contributed by atoms with Crippen LogP contribution in [0, 0.1) is 22.0 Å². The van der Waals surface area contributed by atoms with Gasteiger partial charge in [0.15, 0.2) is 0 Å². The Morgan fingerprint density at radius 2 is 1.71 bits per heavy atom. The Hall–Kier alpha value is -2.06. The molecule has 3 aliphatic heterocycles. The molecule has 4 rings (SSSR count). The smallest absolute Gasteiger partial charge is 0.294 e. The Kier molecular flexibility index (Phi) is 2.91. The lowest BCUT2D eigenvalue weighted by molar-refractivity contribution is -0.384. The second kappa shape index (κ2) is 4.52. The van der Waals surface area contributed by atoms with Crippen molar-refractivity contribution in [3.8, 4) is 0 Å². The molecule has 0 radical (unpaired) electrons. The standard InChI is InChI=1S/C16H13BrN2O5/c1-15-5-6-16(2,24-15)12-11(15)13(20)18(14(12)21)9-4-3-8(17)7-10(9)19(22)23/h3-7,11-12H,1-2H3. The first-order chi connectivity index (χ1) is 11.2. The van der Waals surface area contributed by atoms with Gasteiger partial charge in [0.05, 0.1) is 28.0 Å². The molecular formula is C16H13BrN2O5. The van der Waals surface area contributed by atoms with Crippen molar-refractivity contribution >= 4 is 39.1 Å². The van der Waals surface area contributed by atoms with E-state index in [0.717, 1.165) is 4.90 Å². The topological polar surface area (TPSA) is 89.8 Å². The van der Waals surface area contributed by atoms with Gasteiger partial charge in [0.2, 0.25) is 11.8 Å². The summed E-state index contributed by atoms with van der Waals surface area (Å²) in [6.07, 6.45) is 3.61. The second-order valence-electron chi connectivity index (χ2n) is 6.66. The average Bonchev–Trinajstić information content (AvgIpc) is 3.04. The van der Waals surface area contributed by atoms with Crippen LogP contribution in [0.1, 0.15) is 13.8 Å². The Morgan fingerprint density at radius 3 is 2.21 bits per heavy atom. The number of carbonyl (C=O) groups excluding carboxylic acids is 2. The average molecular weight is 393 g/mol. The molecule has 1 aromatic carbocycles. The van der Waals surface area contributed by atoms with Gasteiger partial charge in [0, 0.05) is 10.5 Å². The first kappa shape index (κ1) is 15.5. The molecule has 0 N–H and O–H groups in total. The molecule has 0 spiro atoms. The lowest BCUT2D eigenvalue weighted by Gasteiger charge is -2.25. The molecule has 24 heavy (non-hydrogen) atoms. The normalized spacial score (nSPS) is 36.5. The number of nitro groups is 1. The third-order valence-corrected chi connectivity index (χ3v) is 5.59. The molecule has 2 fully saturated rings. The predicted molar refractivity (Wildman–Crippen MR) is 87.3 cm³/mol. The summed E-state index contributed by atoms with van der Waals surface area (Å²) >= 11 is 3.18. The molecule has 124 valence electrons. The number of hydrogen-bond donors (Lipinski definition) is 0. The van der Waals surface area contributed by atoms with Crippen LogP contribution in [0.5, 0.6) is 0 Å². The van der Waals surface area contributed by atoms with Crippen molar-refractivity contribution in [1.82, 2.24) is 0 Å². The quantitative estimate of drug-likeness (QED) is 0.334. The van der Waals surface area contributed by atoms with Gasteiger partial charge in [0.1, 0.15) is 5.69 Å². The molecule has 2 saturated heterocycles. The molecule has 4 unspecified atom stereocenters. The number of amides is 2. The molecule has 2 bridgehead atoms. The van der Waals surface area contributed by atoms with Crippen molar-refractivity contribution in [3.05, 3.63) is 44.9 Å². The minimum atomic E-state index is -0.856. The number of fused-ring (bicyclic) bond motifs is 5. The second-order valence-corrected chi connectivity index (χ2v) is 7.58. The van der Waals surface area contributed by atoms with Crippen LogP contribution < -0.4 is 4.90 Å². The lowest BCUT2D eigenvalue weighted by atomic mass is 9.73. The molecule has 4 atom stereocenters. The van der Waals surface area contributed by atoms with Gasteiger partial charge < -0.3 is 4.74 Å². The van der Waals surface area contributed by atoms with E-state index in [9.17, 15) is 19.7 Å². The maximum atomic E-state index is 13.0. The number of rotatable bonds is 2. The van der Waals surface area contributed by atoms with Crippen LogP contribution in [0.25, 0.3) is 0 Å². The summed E-state index contributed by atoms with van der Waals surface area (Å²) in [5.74, 6) is -2.23. The zero-order valence-corrected chi connectivity index (χ0v) is 14.4. The first-order valence-electron chi connectivity index (χ1n) is 7.40.